The number of rotatable bonds is 2. The lowest BCUT2D eigenvalue weighted by Gasteiger charge is -2.34. The van der Waals surface area contributed by atoms with E-state index in [4.69, 9.17) is 4.74 Å². The van der Waals surface area contributed by atoms with Gasteiger partial charge in [0.1, 0.15) is 0 Å². The summed E-state index contributed by atoms with van der Waals surface area (Å²) < 4.78 is 5.36. The van der Waals surface area contributed by atoms with Gasteiger partial charge in [-0.2, -0.15) is 5.26 Å². The van der Waals surface area contributed by atoms with Crippen molar-refractivity contribution in [3.63, 3.8) is 0 Å². The summed E-state index contributed by atoms with van der Waals surface area (Å²) in [5.74, 6) is 0. The van der Waals surface area contributed by atoms with Gasteiger partial charge >= 0.3 is 0 Å². The van der Waals surface area contributed by atoms with E-state index in [0.717, 1.165) is 31.2 Å². The zero-order chi connectivity index (χ0) is 11.4. The molecule has 2 nitrogen and oxygen atoms in total. The Kier molecular flexibility index (Phi) is 3.26. The first kappa shape index (κ1) is 11.2. The van der Waals surface area contributed by atoms with E-state index in [1.165, 1.54) is 0 Å². The Morgan fingerprint density at radius 2 is 1.88 bits per heavy atom. The van der Waals surface area contributed by atoms with Gasteiger partial charge in [-0.25, -0.2) is 0 Å². The zero-order valence-electron chi connectivity index (χ0n) is 9.65. The van der Waals surface area contributed by atoms with Crippen molar-refractivity contribution in [1.29, 1.82) is 5.26 Å². The number of nitrogens with zero attached hydrogens (tertiary/aromatic N) is 1. The van der Waals surface area contributed by atoms with Gasteiger partial charge < -0.3 is 4.74 Å². The monoisotopic (exact) mass is 215 g/mol. The molecule has 1 aromatic rings. The highest BCUT2D eigenvalue weighted by molar-refractivity contribution is 5.32. The van der Waals surface area contributed by atoms with Crippen molar-refractivity contribution >= 4 is 0 Å². The van der Waals surface area contributed by atoms with E-state index in [1.54, 1.807) is 7.11 Å². The summed E-state index contributed by atoms with van der Waals surface area (Å²) in [6.07, 6.45) is 4.13. The summed E-state index contributed by atoms with van der Waals surface area (Å²) in [4.78, 5) is 0. The summed E-state index contributed by atoms with van der Waals surface area (Å²) in [6, 6.07) is 12.7. The first-order valence-electron chi connectivity index (χ1n) is 5.80. The Morgan fingerprint density at radius 1 is 1.25 bits per heavy atom. The second-order valence-corrected chi connectivity index (χ2v) is 4.49. The van der Waals surface area contributed by atoms with E-state index in [0.29, 0.717) is 6.10 Å². The molecule has 0 atom stereocenters. The van der Waals surface area contributed by atoms with E-state index in [-0.39, 0.29) is 5.41 Å². The molecule has 1 aromatic carbocycles. The largest absolute Gasteiger partial charge is 0.381 e. The van der Waals surface area contributed by atoms with Crippen molar-refractivity contribution in [2.24, 2.45) is 0 Å². The Hall–Kier alpha value is -1.33. The molecule has 0 bridgehead atoms. The predicted octanol–water partition coefficient (Wildman–Crippen LogP) is 3.04. The van der Waals surface area contributed by atoms with Crippen LogP contribution in [0.3, 0.4) is 0 Å². The molecule has 1 aliphatic carbocycles. The van der Waals surface area contributed by atoms with Crippen molar-refractivity contribution < 1.29 is 4.74 Å². The van der Waals surface area contributed by atoms with Gasteiger partial charge in [0, 0.05) is 7.11 Å². The van der Waals surface area contributed by atoms with E-state index < -0.39 is 0 Å². The summed E-state index contributed by atoms with van der Waals surface area (Å²) in [6.45, 7) is 0. The minimum Gasteiger partial charge on any atom is -0.381 e. The van der Waals surface area contributed by atoms with Crippen LogP contribution in [0.1, 0.15) is 31.2 Å². The maximum Gasteiger partial charge on any atom is 0.0824 e. The molecule has 0 heterocycles. The smallest absolute Gasteiger partial charge is 0.0824 e. The molecule has 0 aliphatic heterocycles. The van der Waals surface area contributed by atoms with Crippen LogP contribution >= 0.6 is 0 Å². The lowest BCUT2D eigenvalue weighted by Crippen LogP contribution is -2.32. The summed E-state index contributed by atoms with van der Waals surface area (Å²) in [5, 5.41) is 9.46. The third-order valence-electron chi connectivity index (χ3n) is 3.66. The molecule has 0 saturated heterocycles. The SMILES string of the molecule is COC1CCC(C#N)(c2ccccc2)CC1. The van der Waals surface area contributed by atoms with Crippen LogP contribution in [0.15, 0.2) is 30.3 Å². The molecule has 0 N–H and O–H groups in total. The Labute approximate surface area is 96.9 Å². The molecule has 0 unspecified atom stereocenters. The van der Waals surface area contributed by atoms with Crippen LogP contribution in [0.2, 0.25) is 0 Å². The highest BCUT2D eigenvalue weighted by atomic mass is 16.5. The molecule has 1 aliphatic rings. The van der Waals surface area contributed by atoms with E-state index in [2.05, 4.69) is 18.2 Å². The minimum absolute atomic E-state index is 0.281. The Bertz CT molecular complexity index is 371. The van der Waals surface area contributed by atoms with Crippen molar-refractivity contribution in [1.82, 2.24) is 0 Å². The number of benzene rings is 1. The zero-order valence-corrected chi connectivity index (χ0v) is 9.65. The number of hydrogen-bond donors (Lipinski definition) is 0. The number of hydrogen-bond acceptors (Lipinski definition) is 2. The first-order valence-corrected chi connectivity index (χ1v) is 5.80. The molecule has 0 amide bonds. The molecular formula is C14H17NO. The second-order valence-electron chi connectivity index (χ2n) is 4.49. The third kappa shape index (κ3) is 1.96. The average molecular weight is 215 g/mol. The van der Waals surface area contributed by atoms with Crippen LogP contribution in [0, 0.1) is 11.3 Å². The maximum absolute atomic E-state index is 9.46. The van der Waals surface area contributed by atoms with Gasteiger partial charge in [0.15, 0.2) is 0 Å². The van der Waals surface area contributed by atoms with Crippen LogP contribution in [0.25, 0.3) is 0 Å². The van der Waals surface area contributed by atoms with Crippen molar-refractivity contribution in [3.8, 4) is 6.07 Å². The fourth-order valence-corrected chi connectivity index (χ4v) is 2.54. The number of ether oxygens (including phenoxy) is 1. The fourth-order valence-electron chi connectivity index (χ4n) is 2.54. The van der Waals surface area contributed by atoms with Crippen molar-refractivity contribution in [2.75, 3.05) is 7.11 Å². The van der Waals surface area contributed by atoms with Gasteiger partial charge in [-0.05, 0) is 31.2 Å². The quantitative estimate of drug-likeness (QED) is 0.759. The van der Waals surface area contributed by atoms with Crippen LogP contribution in [-0.4, -0.2) is 13.2 Å². The lowest BCUT2D eigenvalue weighted by atomic mass is 9.70. The summed E-state index contributed by atoms with van der Waals surface area (Å²) >= 11 is 0. The Balaban J connectivity index is 2.20. The van der Waals surface area contributed by atoms with Crippen molar-refractivity contribution in [3.05, 3.63) is 35.9 Å². The topological polar surface area (TPSA) is 33.0 Å². The Morgan fingerprint density at radius 3 is 2.38 bits per heavy atom. The summed E-state index contributed by atoms with van der Waals surface area (Å²) in [5.41, 5.74) is 0.878. The fraction of sp³-hybridized carbons (Fsp3) is 0.500. The van der Waals surface area contributed by atoms with Crippen LogP contribution in [0.4, 0.5) is 0 Å². The molecule has 84 valence electrons. The van der Waals surface area contributed by atoms with Crippen LogP contribution in [-0.2, 0) is 10.2 Å². The molecular weight excluding hydrogens is 198 g/mol. The van der Waals surface area contributed by atoms with Gasteiger partial charge in [-0.3, -0.25) is 0 Å². The second kappa shape index (κ2) is 4.67. The summed E-state index contributed by atoms with van der Waals surface area (Å²) in [7, 11) is 1.76. The van der Waals surface area contributed by atoms with E-state index in [9.17, 15) is 5.26 Å². The highest BCUT2D eigenvalue weighted by Crippen LogP contribution is 2.39. The van der Waals surface area contributed by atoms with Gasteiger partial charge in [-0.1, -0.05) is 30.3 Å². The van der Waals surface area contributed by atoms with Gasteiger partial charge in [0.25, 0.3) is 0 Å². The number of nitriles is 1. The van der Waals surface area contributed by atoms with Gasteiger partial charge in [0.2, 0.25) is 0 Å². The van der Waals surface area contributed by atoms with Crippen LogP contribution < -0.4 is 0 Å². The van der Waals surface area contributed by atoms with Gasteiger partial charge in [-0.15, -0.1) is 0 Å². The van der Waals surface area contributed by atoms with Crippen molar-refractivity contribution in [2.45, 2.75) is 37.2 Å². The molecule has 16 heavy (non-hydrogen) atoms. The molecule has 2 rings (SSSR count). The standard InChI is InChI=1S/C14H17NO/c1-16-13-7-9-14(11-15,10-8-13)12-5-3-2-4-6-12/h2-6,13H,7-10H2,1H3. The third-order valence-corrected chi connectivity index (χ3v) is 3.66. The van der Waals surface area contributed by atoms with Crippen LogP contribution in [0.5, 0.6) is 0 Å². The number of methoxy groups -OCH3 is 1. The average Bonchev–Trinajstić information content (AvgIpc) is 2.40. The maximum atomic E-state index is 9.46. The minimum atomic E-state index is -0.281. The molecule has 0 radical (unpaired) electrons. The highest BCUT2D eigenvalue weighted by Gasteiger charge is 2.36. The molecule has 1 fully saturated rings. The van der Waals surface area contributed by atoms with E-state index >= 15 is 0 Å². The van der Waals surface area contributed by atoms with Gasteiger partial charge in [0.05, 0.1) is 17.6 Å². The molecule has 0 spiro atoms. The normalized spacial score (nSPS) is 29.6. The van der Waals surface area contributed by atoms with E-state index in [1.807, 2.05) is 18.2 Å². The first-order chi connectivity index (χ1) is 7.80. The molecule has 2 heteroatoms. The molecule has 1 saturated carbocycles. The molecule has 0 aromatic heterocycles. The predicted molar refractivity (Wildman–Crippen MR) is 63.0 cm³/mol. The lowest BCUT2D eigenvalue weighted by molar-refractivity contribution is 0.0573.